The summed E-state index contributed by atoms with van der Waals surface area (Å²) in [6.07, 6.45) is 0. The summed E-state index contributed by atoms with van der Waals surface area (Å²) in [5.74, 6) is 0. The molecule has 0 amide bonds. The summed E-state index contributed by atoms with van der Waals surface area (Å²) in [5.41, 5.74) is 13.1. The molecule has 0 bridgehead atoms. The Hall–Kier alpha value is -6.99. The first-order valence-corrected chi connectivity index (χ1v) is 15.6. The van der Waals surface area contributed by atoms with Gasteiger partial charge in [-0.1, -0.05) is 91.0 Å². The molecule has 0 N–H and O–H groups in total. The van der Waals surface area contributed by atoms with Gasteiger partial charge in [0.1, 0.15) is 0 Å². The summed E-state index contributed by atoms with van der Waals surface area (Å²) >= 11 is 0. The third kappa shape index (κ3) is 6.24. The normalized spacial score (nSPS) is 10.4. The van der Waals surface area contributed by atoms with Crippen molar-refractivity contribution in [3.05, 3.63) is 180 Å². The molecule has 0 aliphatic rings. The minimum absolute atomic E-state index is 0.564. The Bertz CT molecular complexity index is 2120. The predicted octanol–water partition coefficient (Wildman–Crippen LogP) is 11.3. The van der Waals surface area contributed by atoms with Crippen LogP contribution in [0.3, 0.4) is 0 Å². The van der Waals surface area contributed by atoms with E-state index in [2.05, 4.69) is 54.6 Å². The van der Waals surface area contributed by atoms with Crippen LogP contribution in [0.5, 0.6) is 0 Å². The van der Waals surface area contributed by atoms with Crippen molar-refractivity contribution < 1.29 is 0 Å². The minimum Gasteiger partial charge on any atom is -0.192 e. The van der Waals surface area contributed by atoms with E-state index >= 15 is 0 Å². The lowest BCUT2D eigenvalue weighted by Crippen LogP contribution is -1.91. The molecule has 3 nitrogen and oxygen atoms in total. The maximum absolute atomic E-state index is 10.0. The van der Waals surface area contributed by atoms with E-state index in [0.29, 0.717) is 16.7 Å². The molecule has 7 rings (SSSR count). The van der Waals surface area contributed by atoms with Crippen molar-refractivity contribution in [1.29, 1.82) is 15.8 Å². The zero-order valence-electron chi connectivity index (χ0n) is 25.9. The van der Waals surface area contributed by atoms with Crippen LogP contribution in [0.25, 0.3) is 66.8 Å². The van der Waals surface area contributed by atoms with Gasteiger partial charge in [0.25, 0.3) is 0 Å². The van der Waals surface area contributed by atoms with E-state index < -0.39 is 0 Å². The molecule has 0 saturated carbocycles. The third-order valence-electron chi connectivity index (χ3n) is 8.44. The van der Waals surface area contributed by atoms with E-state index in [0.717, 1.165) is 66.8 Å². The van der Waals surface area contributed by atoms with Crippen LogP contribution in [0.1, 0.15) is 16.7 Å². The SMILES string of the molecule is N#Cc1cc(-c2ccccc2)cc(-c2cc(-c3cc(C#N)cc(-c4ccccc4)c3)cc(-c3cc(C#N)cc(-c4ccccc4)c3)c2)c1. The van der Waals surface area contributed by atoms with Gasteiger partial charge in [0.05, 0.1) is 34.9 Å². The number of rotatable bonds is 6. The first-order chi connectivity index (χ1) is 23.6. The fraction of sp³-hybridized carbons (Fsp3) is 0. The Balaban J connectivity index is 1.48. The van der Waals surface area contributed by atoms with Gasteiger partial charge in [0, 0.05) is 0 Å². The second-order valence-electron chi connectivity index (χ2n) is 11.6. The summed E-state index contributed by atoms with van der Waals surface area (Å²) < 4.78 is 0. The van der Waals surface area contributed by atoms with E-state index in [1.54, 1.807) is 0 Å². The van der Waals surface area contributed by atoms with E-state index in [4.69, 9.17) is 0 Å². The van der Waals surface area contributed by atoms with Crippen molar-refractivity contribution in [2.45, 2.75) is 0 Å². The molecular weight excluding hydrogens is 583 g/mol. The van der Waals surface area contributed by atoms with Crippen LogP contribution in [-0.2, 0) is 0 Å². The average molecular weight is 610 g/mol. The Labute approximate surface area is 280 Å². The number of hydrogen-bond donors (Lipinski definition) is 0. The molecule has 7 aromatic rings. The first kappa shape index (κ1) is 29.7. The molecule has 0 spiro atoms. The Morgan fingerprint density at radius 2 is 0.417 bits per heavy atom. The highest BCUT2D eigenvalue weighted by molar-refractivity contribution is 5.86. The monoisotopic (exact) mass is 609 g/mol. The van der Waals surface area contributed by atoms with Crippen molar-refractivity contribution in [3.8, 4) is 85.0 Å². The fourth-order valence-corrected chi connectivity index (χ4v) is 6.10. The molecule has 0 radical (unpaired) electrons. The van der Waals surface area contributed by atoms with Crippen LogP contribution in [0.2, 0.25) is 0 Å². The van der Waals surface area contributed by atoms with Gasteiger partial charge >= 0.3 is 0 Å². The molecule has 0 fully saturated rings. The van der Waals surface area contributed by atoms with Gasteiger partial charge in [-0.3, -0.25) is 0 Å². The van der Waals surface area contributed by atoms with E-state index in [1.165, 1.54) is 0 Å². The lowest BCUT2D eigenvalue weighted by atomic mass is 9.89. The van der Waals surface area contributed by atoms with Gasteiger partial charge in [-0.15, -0.1) is 0 Å². The number of hydrogen-bond acceptors (Lipinski definition) is 3. The van der Waals surface area contributed by atoms with Crippen LogP contribution >= 0.6 is 0 Å². The lowest BCUT2D eigenvalue weighted by Gasteiger charge is -2.15. The second-order valence-corrected chi connectivity index (χ2v) is 11.6. The average Bonchev–Trinajstić information content (AvgIpc) is 3.18. The molecule has 0 atom stereocenters. The number of nitrogens with zero attached hydrogens (tertiary/aromatic N) is 3. The van der Waals surface area contributed by atoms with Crippen LogP contribution in [-0.4, -0.2) is 0 Å². The lowest BCUT2D eigenvalue weighted by molar-refractivity contribution is 1.46. The summed E-state index contributed by atoms with van der Waals surface area (Å²) in [6.45, 7) is 0. The number of benzene rings is 7. The summed E-state index contributed by atoms with van der Waals surface area (Å²) in [6, 6.07) is 61.3. The molecule has 0 unspecified atom stereocenters. The molecule has 0 aliphatic carbocycles. The standard InChI is InChI=1S/C45H27N3/c46-28-31-16-37(34-10-4-1-5-11-34)22-40(19-31)43-25-44(41-20-32(29-47)17-38(23-41)35-12-6-2-7-13-35)27-45(26-43)42-21-33(30-48)18-39(24-42)36-14-8-3-9-15-36/h1-27H. The molecule has 7 aromatic carbocycles. The molecular formula is C45H27N3. The fourth-order valence-electron chi connectivity index (χ4n) is 6.10. The van der Waals surface area contributed by atoms with Crippen molar-refractivity contribution in [2.24, 2.45) is 0 Å². The minimum atomic E-state index is 0.564. The summed E-state index contributed by atoms with van der Waals surface area (Å²) in [4.78, 5) is 0. The van der Waals surface area contributed by atoms with E-state index in [-0.39, 0.29) is 0 Å². The Morgan fingerprint density at radius 1 is 0.229 bits per heavy atom. The van der Waals surface area contributed by atoms with Crippen molar-refractivity contribution in [2.75, 3.05) is 0 Å². The summed E-state index contributed by atoms with van der Waals surface area (Å²) in [7, 11) is 0. The Morgan fingerprint density at radius 3 is 0.625 bits per heavy atom. The van der Waals surface area contributed by atoms with Gasteiger partial charge in [0.2, 0.25) is 0 Å². The largest absolute Gasteiger partial charge is 0.192 e. The molecule has 0 aromatic heterocycles. The molecule has 3 heteroatoms. The van der Waals surface area contributed by atoms with E-state index in [9.17, 15) is 15.8 Å². The molecule has 0 heterocycles. The van der Waals surface area contributed by atoms with Crippen LogP contribution in [0.4, 0.5) is 0 Å². The van der Waals surface area contributed by atoms with E-state index in [1.807, 2.05) is 127 Å². The predicted molar refractivity (Wildman–Crippen MR) is 193 cm³/mol. The van der Waals surface area contributed by atoms with Gasteiger partial charge in [0.15, 0.2) is 0 Å². The van der Waals surface area contributed by atoms with Crippen LogP contribution in [0, 0.1) is 34.0 Å². The molecule has 0 aliphatic heterocycles. The van der Waals surface area contributed by atoms with Gasteiger partial charge < -0.3 is 0 Å². The topological polar surface area (TPSA) is 71.4 Å². The van der Waals surface area contributed by atoms with Crippen molar-refractivity contribution in [3.63, 3.8) is 0 Å². The maximum Gasteiger partial charge on any atom is 0.0992 e. The molecule has 0 saturated heterocycles. The third-order valence-corrected chi connectivity index (χ3v) is 8.44. The van der Waals surface area contributed by atoms with Crippen LogP contribution < -0.4 is 0 Å². The Kier molecular flexibility index (Phi) is 8.15. The second kappa shape index (κ2) is 13.2. The van der Waals surface area contributed by atoms with Crippen molar-refractivity contribution >= 4 is 0 Å². The maximum atomic E-state index is 10.0. The highest BCUT2D eigenvalue weighted by Crippen LogP contribution is 2.38. The van der Waals surface area contributed by atoms with Gasteiger partial charge in [-0.05, 0) is 140 Å². The highest BCUT2D eigenvalue weighted by atomic mass is 14.3. The smallest absolute Gasteiger partial charge is 0.0992 e. The first-order valence-electron chi connectivity index (χ1n) is 15.6. The van der Waals surface area contributed by atoms with Crippen molar-refractivity contribution in [1.82, 2.24) is 0 Å². The molecule has 222 valence electrons. The molecule has 48 heavy (non-hydrogen) atoms. The van der Waals surface area contributed by atoms with Gasteiger partial charge in [-0.25, -0.2) is 0 Å². The number of nitriles is 3. The summed E-state index contributed by atoms with van der Waals surface area (Å²) in [5, 5.41) is 30.1. The zero-order chi connectivity index (χ0) is 32.9. The van der Waals surface area contributed by atoms with Gasteiger partial charge in [-0.2, -0.15) is 15.8 Å². The quantitative estimate of drug-likeness (QED) is 0.188. The van der Waals surface area contributed by atoms with Crippen LogP contribution in [0.15, 0.2) is 164 Å². The zero-order valence-corrected chi connectivity index (χ0v) is 25.9. The highest BCUT2D eigenvalue weighted by Gasteiger charge is 2.14.